The normalized spacial score (nSPS) is 12.1. The largest absolute Gasteiger partial charge is 0.481 e. The van der Waals surface area contributed by atoms with Gasteiger partial charge in [0, 0.05) is 17.0 Å². The van der Waals surface area contributed by atoms with E-state index in [1.807, 2.05) is 20.8 Å². The molecule has 0 spiro atoms. The van der Waals surface area contributed by atoms with E-state index >= 15 is 0 Å². The second-order valence-electron chi connectivity index (χ2n) is 8.24. The highest BCUT2D eigenvalue weighted by Gasteiger charge is 2.22. The van der Waals surface area contributed by atoms with Gasteiger partial charge in [-0.15, -0.1) is 0 Å². The highest BCUT2D eigenvalue weighted by atomic mass is 19.1. The second-order valence-corrected chi connectivity index (χ2v) is 8.24. The van der Waals surface area contributed by atoms with Gasteiger partial charge < -0.3 is 24.8 Å². The third kappa shape index (κ3) is 6.28. The monoisotopic (exact) mass is 485 g/mol. The third-order valence-electron chi connectivity index (χ3n) is 5.28. The lowest BCUT2D eigenvalue weighted by Gasteiger charge is -2.14. The number of benzene rings is 2. The summed E-state index contributed by atoms with van der Waals surface area (Å²) in [6, 6.07) is 9.74. The molecule has 1 aromatic heterocycles. The Morgan fingerprint density at radius 3 is 2.37 bits per heavy atom. The minimum absolute atomic E-state index is 0.0440. The standard InChI is InChI=1S/C25H28FN3O6/c1-4-21(34-18-8-5-15(6-9-18)22(32)14(2)3)25-28-23(29-35-25)16-7-10-19(20(26)11-16)24(33)27-17(12-30)13-31/h5-11,14,17,21,30-31H,4,12-13H2,1-3H3,(H,27,33)/t21-/m1/s1. The van der Waals surface area contributed by atoms with Crippen LogP contribution in [0.2, 0.25) is 0 Å². The van der Waals surface area contributed by atoms with Crippen molar-refractivity contribution in [1.82, 2.24) is 15.5 Å². The van der Waals surface area contributed by atoms with Crippen LogP contribution in [0.3, 0.4) is 0 Å². The van der Waals surface area contributed by atoms with E-state index in [-0.39, 0.29) is 29.0 Å². The molecule has 3 rings (SSSR count). The lowest BCUT2D eigenvalue weighted by Crippen LogP contribution is -2.40. The molecule has 3 aromatic rings. The van der Waals surface area contributed by atoms with Crippen molar-refractivity contribution in [2.45, 2.75) is 39.3 Å². The average molecular weight is 486 g/mol. The zero-order valence-electron chi connectivity index (χ0n) is 19.7. The van der Waals surface area contributed by atoms with Gasteiger partial charge in [-0.2, -0.15) is 4.98 Å². The first kappa shape index (κ1) is 26.0. The molecule has 1 atom stereocenters. The molecule has 1 amide bonds. The molecule has 9 nitrogen and oxygen atoms in total. The predicted octanol–water partition coefficient (Wildman–Crippen LogP) is 3.33. The molecule has 1 heterocycles. The number of amides is 1. The first-order chi connectivity index (χ1) is 16.8. The fourth-order valence-electron chi connectivity index (χ4n) is 3.24. The van der Waals surface area contributed by atoms with Gasteiger partial charge >= 0.3 is 0 Å². The van der Waals surface area contributed by atoms with Crippen molar-refractivity contribution >= 4 is 11.7 Å². The number of halogens is 1. The summed E-state index contributed by atoms with van der Waals surface area (Å²) in [6.07, 6.45) is -0.0507. The lowest BCUT2D eigenvalue weighted by atomic mass is 10.0. The third-order valence-corrected chi connectivity index (χ3v) is 5.28. The molecule has 0 saturated carbocycles. The van der Waals surface area contributed by atoms with Crippen LogP contribution in [0.15, 0.2) is 47.0 Å². The fourth-order valence-corrected chi connectivity index (χ4v) is 3.24. The molecule has 0 aliphatic rings. The number of hydrogen-bond donors (Lipinski definition) is 3. The molecule has 2 aromatic carbocycles. The molecule has 0 aliphatic carbocycles. The van der Waals surface area contributed by atoms with E-state index in [4.69, 9.17) is 19.5 Å². The lowest BCUT2D eigenvalue weighted by molar-refractivity contribution is 0.0874. The van der Waals surface area contributed by atoms with Gasteiger partial charge in [-0.1, -0.05) is 32.0 Å². The van der Waals surface area contributed by atoms with Crippen LogP contribution >= 0.6 is 0 Å². The number of aromatic nitrogens is 2. The number of Topliss-reactive ketones (excluding diaryl/α,β-unsaturated/α-hetero) is 1. The van der Waals surface area contributed by atoms with Crippen LogP contribution in [-0.4, -0.2) is 51.3 Å². The van der Waals surface area contributed by atoms with Crippen molar-refractivity contribution in [1.29, 1.82) is 0 Å². The molecule has 0 bridgehead atoms. The van der Waals surface area contributed by atoms with Gasteiger partial charge in [-0.25, -0.2) is 4.39 Å². The van der Waals surface area contributed by atoms with E-state index < -0.39 is 37.1 Å². The molecule has 186 valence electrons. The summed E-state index contributed by atoms with van der Waals surface area (Å²) in [5.74, 6) is -0.801. The van der Waals surface area contributed by atoms with E-state index in [1.165, 1.54) is 12.1 Å². The van der Waals surface area contributed by atoms with Gasteiger partial charge in [0.25, 0.3) is 11.8 Å². The van der Waals surface area contributed by atoms with Gasteiger partial charge in [0.15, 0.2) is 11.9 Å². The Morgan fingerprint density at radius 1 is 1.11 bits per heavy atom. The van der Waals surface area contributed by atoms with E-state index in [0.29, 0.717) is 23.3 Å². The molecule has 3 N–H and O–H groups in total. The molecule has 0 saturated heterocycles. The maximum absolute atomic E-state index is 14.6. The average Bonchev–Trinajstić information content (AvgIpc) is 3.35. The molecule has 0 fully saturated rings. The van der Waals surface area contributed by atoms with Gasteiger partial charge in [0.05, 0.1) is 24.8 Å². The second kappa shape index (κ2) is 11.7. The number of nitrogens with one attached hydrogen (secondary N) is 1. The minimum Gasteiger partial charge on any atom is -0.481 e. The summed E-state index contributed by atoms with van der Waals surface area (Å²) >= 11 is 0. The number of rotatable bonds is 11. The number of aliphatic hydroxyl groups is 2. The van der Waals surface area contributed by atoms with Crippen LogP contribution in [0.5, 0.6) is 5.75 Å². The van der Waals surface area contributed by atoms with Crippen molar-refractivity contribution < 1.29 is 33.5 Å². The smallest absolute Gasteiger partial charge is 0.268 e. The first-order valence-electron chi connectivity index (χ1n) is 11.2. The van der Waals surface area contributed by atoms with Crippen molar-refractivity contribution in [3.8, 4) is 17.1 Å². The highest BCUT2D eigenvalue weighted by molar-refractivity contribution is 5.97. The summed E-state index contributed by atoms with van der Waals surface area (Å²) in [7, 11) is 0. The van der Waals surface area contributed by atoms with E-state index in [9.17, 15) is 14.0 Å². The summed E-state index contributed by atoms with van der Waals surface area (Å²) in [6.45, 7) is 4.60. The number of ether oxygens (including phenoxy) is 1. The Morgan fingerprint density at radius 2 is 1.80 bits per heavy atom. The number of nitrogens with zero attached hydrogens (tertiary/aromatic N) is 2. The Kier molecular flexibility index (Phi) is 8.67. The van der Waals surface area contributed by atoms with Gasteiger partial charge in [-0.3, -0.25) is 9.59 Å². The van der Waals surface area contributed by atoms with Crippen molar-refractivity contribution in [3.63, 3.8) is 0 Å². The zero-order chi connectivity index (χ0) is 25.5. The SMILES string of the molecule is CC[C@@H](Oc1ccc(C(=O)C(C)C)cc1)c1nc(-c2ccc(C(=O)NC(CO)CO)c(F)c2)no1. The van der Waals surface area contributed by atoms with Gasteiger partial charge in [-0.05, 0) is 42.8 Å². The molecule has 35 heavy (non-hydrogen) atoms. The van der Waals surface area contributed by atoms with Crippen molar-refractivity contribution in [2.24, 2.45) is 5.92 Å². The topological polar surface area (TPSA) is 135 Å². The Balaban J connectivity index is 1.73. The first-order valence-corrected chi connectivity index (χ1v) is 11.2. The van der Waals surface area contributed by atoms with Crippen molar-refractivity contribution in [2.75, 3.05) is 13.2 Å². The van der Waals surface area contributed by atoms with E-state index in [0.717, 1.165) is 6.07 Å². The molecule has 0 unspecified atom stereocenters. The number of carbonyl (C=O) groups excluding carboxylic acids is 2. The molecule has 0 aliphatic heterocycles. The maximum atomic E-state index is 14.6. The van der Waals surface area contributed by atoms with Gasteiger partial charge in [0.1, 0.15) is 11.6 Å². The highest BCUT2D eigenvalue weighted by Crippen LogP contribution is 2.27. The summed E-state index contributed by atoms with van der Waals surface area (Å²) in [5, 5.41) is 24.4. The summed E-state index contributed by atoms with van der Waals surface area (Å²) < 4.78 is 25.9. The molecule has 10 heteroatoms. The van der Waals surface area contributed by atoms with Crippen molar-refractivity contribution in [3.05, 3.63) is 65.3 Å². The Bertz CT molecular complexity index is 1160. The van der Waals surface area contributed by atoms with Crippen LogP contribution in [0.4, 0.5) is 4.39 Å². The van der Waals surface area contributed by atoms with Crippen LogP contribution in [0.25, 0.3) is 11.4 Å². The molecular formula is C25H28FN3O6. The van der Waals surface area contributed by atoms with Crippen LogP contribution in [0, 0.1) is 11.7 Å². The molecular weight excluding hydrogens is 457 g/mol. The fraction of sp³-hybridized carbons (Fsp3) is 0.360. The summed E-state index contributed by atoms with van der Waals surface area (Å²) in [5.41, 5.74) is 0.641. The van der Waals surface area contributed by atoms with E-state index in [2.05, 4.69) is 15.5 Å². The van der Waals surface area contributed by atoms with Crippen LogP contribution in [0.1, 0.15) is 59.9 Å². The van der Waals surface area contributed by atoms with Crippen LogP contribution in [-0.2, 0) is 0 Å². The Hall–Kier alpha value is -3.63. The maximum Gasteiger partial charge on any atom is 0.268 e. The number of ketones is 1. The number of carbonyl (C=O) groups is 2. The number of aliphatic hydroxyl groups excluding tert-OH is 2. The van der Waals surface area contributed by atoms with Gasteiger partial charge in [0.2, 0.25) is 5.82 Å². The summed E-state index contributed by atoms with van der Waals surface area (Å²) in [4.78, 5) is 28.6. The predicted molar refractivity (Wildman–Crippen MR) is 124 cm³/mol. The van der Waals surface area contributed by atoms with E-state index in [1.54, 1.807) is 24.3 Å². The molecule has 0 radical (unpaired) electrons. The van der Waals surface area contributed by atoms with Crippen LogP contribution < -0.4 is 10.1 Å². The minimum atomic E-state index is -0.890. The zero-order valence-corrected chi connectivity index (χ0v) is 19.7. The quantitative estimate of drug-likeness (QED) is 0.352. The number of hydrogen-bond acceptors (Lipinski definition) is 8. The Labute approximate surface area is 201 Å².